The number of methoxy groups -OCH3 is 1. The van der Waals surface area contributed by atoms with Gasteiger partial charge in [-0.1, -0.05) is 36.4 Å². The molecule has 5 heteroatoms. The Morgan fingerprint density at radius 3 is 2.57 bits per heavy atom. The van der Waals surface area contributed by atoms with Crippen LogP contribution in [0.4, 0.5) is 4.79 Å². The quantitative estimate of drug-likeness (QED) is 0.883. The van der Waals surface area contributed by atoms with Crippen LogP contribution in [0.25, 0.3) is 0 Å². The molecule has 1 aliphatic heterocycles. The van der Waals surface area contributed by atoms with Crippen molar-refractivity contribution in [3.05, 3.63) is 59.7 Å². The topological polar surface area (TPSA) is 50.8 Å². The molecule has 2 aromatic rings. The van der Waals surface area contributed by atoms with E-state index in [2.05, 4.69) is 17.4 Å². The van der Waals surface area contributed by atoms with Gasteiger partial charge >= 0.3 is 6.03 Å². The average Bonchev–Trinajstić information content (AvgIpc) is 2.61. The summed E-state index contributed by atoms with van der Waals surface area (Å²) in [5.74, 6) is 1.26. The van der Waals surface area contributed by atoms with Gasteiger partial charge in [-0.2, -0.15) is 0 Å². The second kappa shape index (κ2) is 7.05. The Bertz CT molecular complexity index is 687. The van der Waals surface area contributed by atoms with E-state index in [1.165, 1.54) is 11.1 Å². The zero-order chi connectivity index (χ0) is 16.1. The zero-order valence-electron chi connectivity index (χ0n) is 13.1. The van der Waals surface area contributed by atoms with Crippen molar-refractivity contribution in [2.45, 2.75) is 13.0 Å². The van der Waals surface area contributed by atoms with Gasteiger partial charge in [0, 0.05) is 13.1 Å². The van der Waals surface area contributed by atoms with Crippen LogP contribution in [0.3, 0.4) is 0 Å². The van der Waals surface area contributed by atoms with Crippen molar-refractivity contribution in [1.82, 2.24) is 10.2 Å². The van der Waals surface area contributed by atoms with Gasteiger partial charge in [0.25, 0.3) is 0 Å². The minimum absolute atomic E-state index is 0.108. The van der Waals surface area contributed by atoms with Gasteiger partial charge < -0.3 is 19.7 Å². The summed E-state index contributed by atoms with van der Waals surface area (Å²) in [6, 6.07) is 15.5. The first-order chi connectivity index (χ1) is 11.3. The molecule has 3 rings (SSSR count). The maximum Gasteiger partial charge on any atom is 0.320 e. The number of rotatable bonds is 4. The van der Waals surface area contributed by atoms with E-state index in [1.54, 1.807) is 12.0 Å². The molecule has 1 N–H and O–H groups in total. The lowest BCUT2D eigenvalue weighted by Gasteiger charge is -2.28. The Morgan fingerprint density at radius 2 is 1.78 bits per heavy atom. The predicted molar refractivity (Wildman–Crippen MR) is 87.6 cm³/mol. The Balaban J connectivity index is 1.52. The summed E-state index contributed by atoms with van der Waals surface area (Å²) in [6.07, 6.45) is 0.886. The van der Waals surface area contributed by atoms with Gasteiger partial charge in [0.1, 0.15) is 0 Å². The molecule has 23 heavy (non-hydrogen) atoms. The summed E-state index contributed by atoms with van der Waals surface area (Å²) < 4.78 is 10.8. The molecule has 0 saturated heterocycles. The van der Waals surface area contributed by atoms with Gasteiger partial charge in [-0.05, 0) is 29.7 Å². The SMILES string of the molecule is COc1ccccc1OCNC(=O)N1CCc2ccccc2C1. The van der Waals surface area contributed by atoms with E-state index >= 15 is 0 Å². The van der Waals surface area contributed by atoms with Crippen molar-refractivity contribution >= 4 is 6.03 Å². The largest absolute Gasteiger partial charge is 0.493 e. The summed E-state index contributed by atoms with van der Waals surface area (Å²) >= 11 is 0. The molecule has 0 aliphatic carbocycles. The standard InChI is InChI=1S/C18H20N2O3/c1-22-16-8-4-5-9-17(16)23-13-19-18(21)20-11-10-14-6-2-3-7-15(14)12-20/h2-9H,10-13H2,1H3,(H,19,21). The fourth-order valence-corrected chi connectivity index (χ4v) is 2.69. The van der Waals surface area contributed by atoms with E-state index in [4.69, 9.17) is 9.47 Å². The molecule has 0 atom stereocenters. The van der Waals surface area contributed by atoms with E-state index in [9.17, 15) is 4.79 Å². The molecule has 1 heterocycles. The molecule has 0 aromatic heterocycles. The Kier molecular flexibility index (Phi) is 4.66. The summed E-state index contributed by atoms with van der Waals surface area (Å²) in [4.78, 5) is 14.1. The van der Waals surface area contributed by atoms with Crippen molar-refractivity contribution in [1.29, 1.82) is 0 Å². The summed E-state index contributed by atoms with van der Waals surface area (Å²) in [7, 11) is 1.59. The van der Waals surface area contributed by atoms with Crippen LogP contribution in [-0.2, 0) is 13.0 Å². The molecular formula is C18H20N2O3. The van der Waals surface area contributed by atoms with Crippen LogP contribution in [0, 0.1) is 0 Å². The number of hydrogen-bond donors (Lipinski definition) is 1. The summed E-state index contributed by atoms with van der Waals surface area (Å²) in [5.41, 5.74) is 2.53. The van der Waals surface area contributed by atoms with Crippen molar-refractivity contribution in [2.24, 2.45) is 0 Å². The van der Waals surface area contributed by atoms with Crippen LogP contribution in [0.2, 0.25) is 0 Å². The van der Waals surface area contributed by atoms with Gasteiger partial charge in [-0.3, -0.25) is 0 Å². The number of carbonyl (C=O) groups is 1. The smallest absolute Gasteiger partial charge is 0.320 e. The number of urea groups is 1. The number of benzene rings is 2. The van der Waals surface area contributed by atoms with Crippen LogP contribution in [0.15, 0.2) is 48.5 Å². The molecule has 0 bridgehead atoms. The lowest BCUT2D eigenvalue weighted by molar-refractivity contribution is 0.178. The highest BCUT2D eigenvalue weighted by Crippen LogP contribution is 2.25. The third-order valence-corrected chi connectivity index (χ3v) is 3.94. The molecule has 120 valence electrons. The van der Waals surface area contributed by atoms with Crippen LogP contribution in [0.1, 0.15) is 11.1 Å². The van der Waals surface area contributed by atoms with Crippen molar-refractivity contribution in [3.8, 4) is 11.5 Å². The second-order valence-electron chi connectivity index (χ2n) is 5.36. The molecule has 5 nitrogen and oxygen atoms in total. The zero-order valence-corrected chi connectivity index (χ0v) is 13.1. The molecule has 1 aliphatic rings. The van der Waals surface area contributed by atoms with Gasteiger partial charge in [0.05, 0.1) is 7.11 Å². The number of fused-ring (bicyclic) bond motifs is 1. The second-order valence-corrected chi connectivity index (χ2v) is 5.36. The molecular weight excluding hydrogens is 292 g/mol. The minimum Gasteiger partial charge on any atom is -0.493 e. The number of nitrogens with zero attached hydrogens (tertiary/aromatic N) is 1. The van der Waals surface area contributed by atoms with E-state index in [0.29, 0.717) is 18.0 Å². The van der Waals surface area contributed by atoms with Gasteiger partial charge in [0.15, 0.2) is 18.2 Å². The van der Waals surface area contributed by atoms with Crippen molar-refractivity contribution < 1.29 is 14.3 Å². The molecule has 0 spiro atoms. The van der Waals surface area contributed by atoms with Crippen LogP contribution < -0.4 is 14.8 Å². The van der Waals surface area contributed by atoms with E-state index < -0.39 is 0 Å². The molecule has 2 aromatic carbocycles. The first-order valence-corrected chi connectivity index (χ1v) is 7.63. The monoisotopic (exact) mass is 312 g/mol. The maximum atomic E-state index is 12.3. The highest BCUT2D eigenvalue weighted by atomic mass is 16.5. The Hall–Kier alpha value is -2.69. The number of carbonyl (C=O) groups excluding carboxylic acids is 1. The highest BCUT2D eigenvalue weighted by molar-refractivity contribution is 5.74. The molecule has 0 saturated carbocycles. The number of amides is 2. The lowest BCUT2D eigenvalue weighted by Crippen LogP contribution is -2.43. The number of ether oxygens (including phenoxy) is 2. The van der Waals surface area contributed by atoms with Crippen LogP contribution in [-0.4, -0.2) is 31.3 Å². The van der Waals surface area contributed by atoms with Crippen molar-refractivity contribution in [3.63, 3.8) is 0 Å². The Labute approximate surface area is 135 Å². The normalized spacial score (nSPS) is 13.2. The van der Waals surface area contributed by atoms with Crippen LogP contribution in [0.5, 0.6) is 11.5 Å². The predicted octanol–water partition coefficient (Wildman–Crippen LogP) is 2.80. The van der Waals surface area contributed by atoms with E-state index in [1.807, 2.05) is 36.4 Å². The summed E-state index contributed by atoms with van der Waals surface area (Å²) in [5, 5.41) is 2.79. The fraction of sp³-hybridized carbons (Fsp3) is 0.278. The first-order valence-electron chi connectivity index (χ1n) is 7.63. The minimum atomic E-state index is -0.116. The summed E-state index contributed by atoms with van der Waals surface area (Å²) in [6.45, 7) is 1.46. The first kappa shape index (κ1) is 15.2. The molecule has 2 amide bonds. The number of hydrogen-bond acceptors (Lipinski definition) is 3. The van der Waals surface area contributed by atoms with E-state index in [-0.39, 0.29) is 12.8 Å². The average molecular weight is 312 g/mol. The third kappa shape index (κ3) is 3.56. The fourth-order valence-electron chi connectivity index (χ4n) is 2.69. The van der Waals surface area contributed by atoms with Crippen LogP contribution >= 0.6 is 0 Å². The van der Waals surface area contributed by atoms with Gasteiger partial charge in [-0.25, -0.2) is 4.79 Å². The van der Waals surface area contributed by atoms with Gasteiger partial charge in [-0.15, -0.1) is 0 Å². The van der Waals surface area contributed by atoms with Gasteiger partial charge in [0.2, 0.25) is 0 Å². The molecule has 0 fully saturated rings. The lowest BCUT2D eigenvalue weighted by atomic mass is 10.0. The molecule has 0 radical (unpaired) electrons. The number of para-hydroxylation sites is 2. The maximum absolute atomic E-state index is 12.3. The van der Waals surface area contributed by atoms with Crippen molar-refractivity contribution in [2.75, 3.05) is 20.4 Å². The molecule has 0 unspecified atom stereocenters. The number of nitrogens with one attached hydrogen (secondary N) is 1. The Morgan fingerprint density at radius 1 is 1.09 bits per heavy atom. The van der Waals surface area contributed by atoms with E-state index in [0.717, 1.165) is 13.0 Å². The third-order valence-electron chi connectivity index (χ3n) is 3.94. The highest BCUT2D eigenvalue weighted by Gasteiger charge is 2.20.